The number of rotatable bonds is 2. The number of carbonyl (C=O) groups excluding carboxylic acids is 1. The van der Waals surface area contributed by atoms with Crippen molar-refractivity contribution in [3.8, 4) is 0 Å². The summed E-state index contributed by atoms with van der Waals surface area (Å²) in [5.41, 5.74) is 2.46. The molecule has 96 valence electrons. The van der Waals surface area contributed by atoms with Crippen molar-refractivity contribution in [2.45, 2.75) is 18.9 Å². The Balaban J connectivity index is 1.60. The zero-order valence-corrected chi connectivity index (χ0v) is 10.3. The van der Waals surface area contributed by atoms with Crippen LogP contribution in [0.4, 0.5) is 5.69 Å². The minimum atomic E-state index is 0.0437. The lowest BCUT2D eigenvalue weighted by atomic mass is 9.99. The van der Waals surface area contributed by atoms with Gasteiger partial charge in [-0.05, 0) is 24.5 Å². The second-order valence-electron chi connectivity index (χ2n) is 5.01. The number of fused-ring (bicyclic) bond motifs is 1. The molecule has 2 atom stereocenters. The molecule has 4 nitrogen and oxygen atoms in total. The number of benzene rings is 1. The van der Waals surface area contributed by atoms with Gasteiger partial charge in [-0.2, -0.15) is 0 Å². The number of amides is 1. The third-order valence-electron chi connectivity index (χ3n) is 3.67. The van der Waals surface area contributed by atoms with Gasteiger partial charge in [-0.1, -0.05) is 18.2 Å². The first kappa shape index (κ1) is 11.5. The molecular weight excluding hydrogens is 228 g/mol. The maximum absolute atomic E-state index is 12.0. The van der Waals surface area contributed by atoms with Gasteiger partial charge in [0.05, 0.1) is 18.6 Å². The molecule has 1 fully saturated rings. The van der Waals surface area contributed by atoms with E-state index in [-0.39, 0.29) is 17.9 Å². The molecule has 2 aliphatic heterocycles. The van der Waals surface area contributed by atoms with Crippen LogP contribution in [0, 0.1) is 5.92 Å². The Bertz CT molecular complexity index is 441. The average Bonchev–Trinajstić information content (AvgIpc) is 2.92. The monoisotopic (exact) mass is 246 g/mol. The molecule has 2 heterocycles. The molecule has 3 rings (SSSR count). The molecule has 1 aromatic carbocycles. The van der Waals surface area contributed by atoms with Gasteiger partial charge in [-0.15, -0.1) is 0 Å². The fourth-order valence-corrected chi connectivity index (χ4v) is 2.60. The minimum absolute atomic E-state index is 0.0437. The highest BCUT2D eigenvalue weighted by Crippen LogP contribution is 2.21. The maximum atomic E-state index is 12.0. The summed E-state index contributed by atoms with van der Waals surface area (Å²) < 4.78 is 5.25. The van der Waals surface area contributed by atoms with Crippen LogP contribution in [0.1, 0.15) is 12.0 Å². The van der Waals surface area contributed by atoms with E-state index in [4.69, 9.17) is 4.74 Å². The molecule has 2 N–H and O–H groups in total. The van der Waals surface area contributed by atoms with E-state index in [1.165, 1.54) is 11.3 Å². The van der Waals surface area contributed by atoms with E-state index < -0.39 is 0 Å². The second-order valence-corrected chi connectivity index (χ2v) is 5.01. The Morgan fingerprint density at radius 2 is 2.28 bits per heavy atom. The molecule has 0 aliphatic carbocycles. The second kappa shape index (κ2) is 4.98. The molecule has 1 aromatic rings. The lowest BCUT2D eigenvalue weighted by Gasteiger charge is -2.27. The zero-order valence-electron chi connectivity index (χ0n) is 10.3. The highest BCUT2D eigenvalue weighted by Gasteiger charge is 2.26. The van der Waals surface area contributed by atoms with Gasteiger partial charge in [0.25, 0.3) is 0 Å². The van der Waals surface area contributed by atoms with E-state index in [1.54, 1.807) is 0 Å². The fourth-order valence-electron chi connectivity index (χ4n) is 2.60. The number of para-hydroxylation sites is 1. The number of carbonyl (C=O) groups is 1. The van der Waals surface area contributed by atoms with Crippen molar-refractivity contribution in [3.63, 3.8) is 0 Å². The topological polar surface area (TPSA) is 50.4 Å². The van der Waals surface area contributed by atoms with E-state index in [0.717, 1.165) is 19.4 Å². The van der Waals surface area contributed by atoms with Crippen molar-refractivity contribution in [2.24, 2.45) is 5.92 Å². The van der Waals surface area contributed by atoms with Crippen molar-refractivity contribution >= 4 is 11.6 Å². The van der Waals surface area contributed by atoms with E-state index in [1.807, 2.05) is 12.1 Å². The predicted octanol–water partition coefficient (Wildman–Crippen LogP) is 1.18. The molecule has 4 heteroatoms. The van der Waals surface area contributed by atoms with E-state index in [9.17, 15) is 4.79 Å². The Morgan fingerprint density at radius 3 is 3.11 bits per heavy atom. The Hall–Kier alpha value is -1.55. The fraction of sp³-hybridized carbons (Fsp3) is 0.500. The summed E-state index contributed by atoms with van der Waals surface area (Å²) in [6, 6.07) is 8.45. The molecule has 2 aliphatic rings. The van der Waals surface area contributed by atoms with Crippen LogP contribution in [-0.4, -0.2) is 31.7 Å². The first-order valence-electron chi connectivity index (χ1n) is 6.53. The molecule has 0 radical (unpaired) electrons. The molecule has 18 heavy (non-hydrogen) atoms. The molecular formula is C14H18N2O2. The third kappa shape index (κ3) is 2.34. The lowest BCUT2D eigenvalue weighted by Crippen LogP contribution is -2.46. The van der Waals surface area contributed by atoms with Crippen LogP contribution in [0.15, 0.2) is 24.3 Å². The molecule has 1 amide bonds. The van der Waals surface area contributed by atoms with Crippen molar-refractivity contribution in [1.29, 1.82) is 0 Å². The van der Waals surface area contributed by atoms with Crippen molar-refractivity contribution in [1.82, 2.24) is 5.32 Å². The van der Waals surface area contributed by atoms with Crippen LogP contribution >= 0.6 is 0 Å². The number of ether oxygens (including phenoxy) is 1. The Kier molecular flexibility index (Phi) is 3.19. The maximum Gasteiger partial charge on any atom is 0.225 e. The minimum Gasteiger partial charge on any atom is -0.383 e. The Morgan fingerprint density at radius 1 is 1.39 bits per heavy atom. The standard InChI is InChI=1S/C14H18N2O2/c17-14(11-5-6-18-9-11)16-12-7-10-3-1-2-4-13(10)15-8-12/h1-4,11-12,15H,5-9H2,(H,16,17). The number of anilines is 1. The van der Waals surface area contributed by atoms with Gasteiger partial charge in [0.15, 0.2) is 0 Å². The number of nitrogens with one attached hydrogen (secondary N) is 2. The molecule has 2 unspecified atom stereocenters. The summed E-state index contributed by atoms with van der Waals surface area (Å²) in [6.45, 7) is 2.09. The summed E-state index contributed by atoms with van der Waals surface area (Å²) in [6.07, 6.45) is 1.76. The van der Waals surface area contributed by atoms with E-state index >= 15 is 0 Å². The highest BCUT2D eigenvalue weighted by atomic mass is 16.5. The normalized spacial score (nSPS) is 26.2. The Labute approximate surface area is 107 Å². The van der Waals surface area contributed by atoms with Crippen molar-refractivity contribution in [2.75, 3.05) is 25.1 Å². The van der Waals surface area contributed by atoms with Gasteiger partial charge in [0.2, 0.25) is 5.91 Å². The lowest BCUT2D eigenvalue weighted by molar-refractivity contribution is -0.125. The van der Waals surface area contributed by atoms with E-state index in [0.29, 0.717) is 13.2 Å². The van der Waals surface area contributed by atoms with Crippen molar-refractivity contribution in [3.05, 3.63) is 29.8 Å². The van der Waals surface area contributed by atoms with Gasteiger partial charge in [0.1, 0.15) is 0 Å². The average molecular weight is 246 g/mol. The summed E-state index contributed by atoms with van der Waals surface area (Å²) in [5, 5.41) is 6.48. The summed E-state index contributed by atoms with van der Waals surface area (Å²) >= 11 is 0. The largest absolute Gasteiger partial charge is 0.383 e. The summed E-state index contributed by atoms with van der Waals surface area (Å²) in [4.78, 5) is 12.0. The summed E-state index contributed by atoms with van der Waals surface area (Å²) in [5.74, 6) is 0.181. The molecule has 0 aromatic heterocycles. The van der Waals surface area contributed by atoms with Crippen LogP contribution < -0.4 is 10.6 Å². The highest BCUT2D eigenvalue weighted by molar-refractivity contribution is 5.79. The third-order valence-corrected chi connectivity index (χ3v) is 3.67. The smallest absolute Gasteiger partial charge is 0.225 e. The predicted molar refractivity (Wildman–Crippen MR) is 69.5 cm³/mol. The van der Waals surface area contributed by atoms with Gasteiger partial charge >= 0.3 is 0 Å². The van der Waals surface area contributed by atoms with Crippen LogP contribution in [0.25, 0.3) is 0 Å². The van der Waals surface area contributed by atoms with Crippen LogP contribution in [-0.2, 0) is 16.0 Å². The number of hydrogen-bond donors (Lipinski definition) is 2. The molecule has 1 saturated heterocycles. The first-order chi connectivity index (χ1) is 8.83. The van der Waals surface area contributed by atoms with Gasteiger partial charge in [-0.25, -0.2) is 0 Å². The zero-order chi connectivity index (χ0) is 12.4. The quantitative estimate of drug-likeness (QED) is 0.823. The number of hydrogen-bond acceptors (Lipinski definition) is 3. The van der Waals surface area contributed by atoms with Gasteiger partial charge in [-0.3, -0.25) is 4.79 Å². The van der Waals surface area contributed by atoms with Crippen LogP contribution in [0.5, 0.6) is 0 Å². The first-order valence-corrected chi connectivity index (χ1v) is 6.53. The van der Waals surface area contributed by atoms with Gasteiger partial charge in [0, 0.05) is 18.8 Å². The molecule has 0 bridgehead atoms. The summed E-state index contributed by atoms with van der Waals surface area (Å²) in [7, 11) is 0. The van der Waals surface area contributed by atoms with E-state index in [2.05, 4.69) is 22.8 Å². The SMILES string of the molecule is O=C(NC1CNc2ccccc2C1)C1CCOC1. The van der Waals surface area contributed by atoms with Crippen LogP contribution in [0.2, 0.25) is 0 Å². The molecule has 0 spiro atoms. The molecule has 0 saturated carbocycles. The van der Waals surface area contributed by atoms with Crippen LogP contribution in [0.3, 0.4) is 0 Å². The van der Waals surface area contributed by atoms with Gasteiger partial charge < -0.3 is 15.4 Å². The van der Waals surface area contributed by atoms with Crippen molar-refractivity contribution < 1.29 is 9.53 Å².